The van der Waals surface area contributed by atoms with Gasteiger partial charge in [-0.2, -0.15) is 0 Å². The van der Waals surface area contributed by atoms with Gasteiger partial charge in [0, 0.05) is 43.5 Å². The Morgan fingerprint density at radius 1 is 1.00 bits per heavy atom. The van der Waals surface area contributed by atoms with E-state index in [1.165, 1.54) is 0 Å². The van der Waals surface area contributed by atoms with Gasteiger partial charge in [-0.3, -0.25) is 14.5 Å². The van der Waals surface area contributed by atoms with Gasteiger partial charge in [0.15, 0.2) is 0 Å². The quantitative estimate of drug-likeness (QED) is 0.529. The highest BCUT2D eigenvalue weighted by Gasteiger charge is 2.24. The number of hydrogen-bond donors (Lipinski definition) is 1. The average Bonchev–Trinajstić information content (AvgIpc) is 3.14. The monoisotopic (exact) mass is 377 g/mol. The number of nitrogens with one attached hydrogen (secondary N) is 1. The number of ether oxygens (including phenoxy) is 1. The Morgan fingerprint density at radius 2 is 1.75 bits per heavy atom. The third-order valence-corrected chi connectivity index (χ3v) is 5.00. The van der Waals surface area contributed by atoms with Crippen LogP contribution in [0.5, 0.6) is 0 Å². The number of ketones is 1. The zero-order valence-corrected chi connectivity index (χ0v) is 15.6. The lowest BCUT2D eigenvalue weighted by atomic mass is 10.0. The molecule has 0 bridgehead atoms. The fourth-order valence-electron chi connectivity index (χ4n) is 3.53. The van der Waals surface area contributed by atoms with Crippen molar-refractivity contribution in [1.82, 2.24) is 14.6 Å². The predicted octanol–water partition coefficient (Wildman–Crippen LogP) is 2.24. The van der Waals surface area contributed by atoms with Crippen molar-refractivity contribution in [3.8, 4) is 11.1 Å². The number of nitrogens with zero attached hydrogens (tertiary/aromatic N) is 2. The van der Waals surface area contributed by atoms with Crippen LogP contribution in [0.1, 0.15) is 10.5 Å². The van der Waals surface area contributed by atoms with Crippen molar-refractivity contribution in [2.24, 2.45) is 0 Å². The second-order valence-electron chi connectivity index (χ2n) is 6.81. The molecule has 4 rings (SSSR count). The lowest BCUT2D eigenvalue weighted by Gasteiger charge is -2.26. The number of rotatable bonds is 6. The lowest BCUT2D eigenvalue weighted by Crippen LogP contribution is -2.42. The molecule has 1 amide bonds. The summed E-state index contributed by atoms with van der Waals surface area (Å²) in [5, 5.41) is 2.78. The summed E-state index contributed by atoms with van der Waals surface area (Å²) in [6.45, 7) is 4.28. The van der Waals surface area contributed by atoms with Crippen LogP contribution in [-0.4, -0.2) is 60.4 Å². The Morgan fingerprint density at radius 3 is 2.54 bits per heavy atom. The molecule has 1 aliphatic rings. The molecule has 1 N–H and O–H groups in total. The highest BCUT2D eigenvalue weighted by atomic mass is 16.5. The molecule has 1 saturated heterocycles. The van der Waals surface area contributed by atoms with Crippen molar-refractivity contribution in [2.45, 2.75) is 0 Å². The van der Waals surface area contributed by atoms with Crippen molar-refractivity contribution in [3.63, 3.8) is 0 Å². The molecular weight excluding hydrogens is 354 g/mol. The van der Waals surface area contributed by atoms with Crippen LogP contribution >= 0.6 is 0 Å². The van der Waals surface area contributed by atoms with Crippen LogP contribution in [0, 0.1) is 0 Å². The molecule has 2 aromatic heterocycles. The molecule has 1 fully saturated rings. The number of benzene rings is 1. The van der Waals surface area contributed by atoms with E-state index in [4.69, 9.17) is 4.74 Å². The molecule has 0 radical (unpaired) electrons. The van der Waals surface area contributed by atoms with Gasteiger partial charge in [0.25, 0.3) is 11.7 Å². The molecule has 0 aliphatic carbocycles. The van der Waals surface area contributed by atoms with E-state index in [2.05, 4.69) is 10.2 Å². The number of carbonyl (C=O) groups excluding carboxylic acids is 2. The van der Waals surface area contributed by atoms with Crippen molar-refractivity contribution in [3.05, 3.63) is 66.5 Å². The van der Waals surface area contributed by atoms with Gasteiger partial charge < -0.3 is 14.5 Å². The first kappa shape index (κ1) is 18.4. The summed E-state index contributed by atoms with van der Waals surface area (Å²) >= 11 is 0. The summed E-state index contributed by atoms with van der Waals surface area (Å²) in [7, 11) is 0. The molecule has 0 spiro atoms. The predicted molar refractivity (Wildman–Crippen MR) is 107 cm³/mol. The maximum Gasteiger partial charge on any atom is 0.294 e. The summed E-state index contributed by atoms with van der Waals surface area (Å²) in [5.41, 5.74) is 2.95. The Balaban J connectivity index is 1.55. The van der Waals surface area contributed by atoms with Crippen LogP contribution in [0.4, 0.5) is 0 Å². The molecular formula is C22H23N3O3. The molecule has 3 aromatic rings. The van der Waals surface area contributed by atoms with Gasteiger partial charge in [0.05, 0.1) is 13.2 Å². The van der Waals surface area contributed by atoms with Gasteiger partial charge in [0.1, 0.15) is 5.69 Å². The average molecular weight is 377 g/mol. The topological polar surface area (TPSA) is 63.1 Å². The molecule has 0 saturated carbocycles. The molecule has 6 heteroatoms. The molecule has 0 unspecified atom stereocenters. The molecule has 0 atom stereocenters. The van der Waals surface area contributed by atoms with E-state index in [0.29, 0.717) is 32.0 Å². The second kappa shape index (κ2) is 8.37. The first-order valence-electron chi connectivity index (χ1n) is 9.52. The van der Waals surface area contributed by atoms with E-state index < -0.39 is 11.7 Å². The number of carbonyl (C=O) groups is 2. The van der Waals surface area contributed by atoms with E-state index in [-0.39, 0.29) is 0 Å². The Kier molecular flexibility index (Phi) is 5.50. The number of morpholine rings is 1. The summed E-state index contributed by atoms with van der Waals surface area (Å²) in [6.07, 6.45) is 1.82. The molecule has 1 aliphatic heterocycles. The van der Waals surface area contributed by atoms with Crippen LogP contribution < -0.4 is 5.32 Å². The van der Waals surface area contributed by atoms with Gasteiger partial charge in [-0.15, -0.1) is 0 Å². The summed E-state index contributed by atoms with van der Waals surface area (Å²) < 4.78 is 7.11. The minimum absolute atomic E-state index is 0.394. The fraction of sp³-hybridized carbons (Fsp3) is 0.273. The largest absolute Gasteiger partial charge is 0.379 e. The highest BCUT2D eigenvalue weighted by Crippen LogP contribution is 2.28. The molecule has 3 heterocycles. The zero-order chi connectivity index (χ0) is 19.3. The number of aromatic nitrogens is 1. The van der Waals surface area contributed by atoms with Gasteiger partial charge >= 0.3 is 0 Å². The van der Waals surface area contributed by atoms with Gasteiger partial charge in [-0.1, -0.05) is 36.4 Å². The zero-order valence-electron chi connectivity index (χ0n) is 15.6. The van der Waals surface area contributed by atoms with Crippen LogP contribution in [-0.2, 0) is 9.53 Å². The maximum atomic E-state index is 13.0. The summed E-state index contributed by atoms with van der Waals surface area (Å²) in [4.78, 5) is 27.8. The Bertz CT molecular complexity index is 975. The standard InChI is InChI=1S/C22H23N3O3/c26-21(22(27)23-9-11-24-12-14-28-15-13-24)20-19(17-6-2-1-3-7-17)16-18-8-4-5-10-25(18)20/h1-8,10,16H,9,11-15H2,(H,23,27). The molecule has 6 nitrogen and oxygen atoms in total. The number of hydrogen-bond acceptors (Lipinski definition) is 4. The van der Waals surface area contributed by atoms with Gasteiger partial charge in [-0.25, -0.2) is 0 Å². The van der Waals surface area contributed by atoms with Crippen LogP contribution in [0.25, 0.3) is 16.6 Å². The first-order valence-corrected chi connectivity index (χ1v) is 9.52. The maximum absolute atomic E-state index is 13.0. The van der Waals surface area contributed by atoms with Crippen molar-refractivity contribution in [1.29, 1.82) is 0 Å². The SMILES string of the molecule is O=C(NCCN1CCOCC1)C(=O)c1c(-c2ccccc2)cc2ccccn12. The molecule has 1 aromatic carbocycles. The third kappa shape index (κ3) is 3.83. The van der Waals surface area contributed by atoms with E-state index in [9.17, 15) is 9.59 Å². The lowest BCUT2D eigenvalue weighted by molar-refractivity contribution is -0.117. The minimum Gasteiger partial charge on any atom is -0.379 e. The van der Waals surface area contributed by atoms with Crippen molar-refractivity contribution < 1.29 is 14.3 Å². The first-order chi connectivity index (χ1) is 13.7. The van der Waals surface area contributed by atoms with E-state index in [1.807, 2.05) is 60.8 Å². The van der Waals surface area contributed by atoms with Crippen molar-refractivity contribution >= 4 is 17.2 Å². The van der Waals surface area contributed by atoms with Crippen LogP contribution in [0.15, 0.2) is 60.8 Å². The summed E-state index contributed by atoms with van der Waals surface area (Å²) in [5.74, 6) is -1.10. The highest BCUT2D eigenvalue weighted by molar-refractivity contribution is 6.43. The van der Waals surface area contributed by atoms with Crippen molar-refractivity contribution in [2.75, 3.05) is 39.4 Å². The number of fused-ring (bicyclic) bond motifs is 1. The fourth-order valence-corrected chi connectivity index (χ4v) is 3.53. The molecule has 144 valence electrons. The smallest absolute Gasteiger partial charge is 0.294 e. The van der Waals surface area contributed by atoms with Gasteiger partial charge in [0.2, 0.25) is 0 Å². The third-order valence-electron chi connectivity index (χ3n) is 5.00. The molecule has 28 heavy (non-hydrogen) atoms. The van der Waals surface area contributed by atoms with Crippen LogP contribution in [0.2, 0.25) is 0 Å². The number of pyridine rings is 1. The van der Waals surface area contributed by atoms with Crippen LogP contribution in [0.3, 0.4) is 0 Å². The van der Waals surface area contributed by atoms with Gasteiger partial charge in [-0.05, 0) is 23.8 Å². The Labute approximate surface area is 163 Å². The van der Waals surface area contributed by atoms with E-state index in [0.717, 1.165) is 29.7 Å². The summed E-state index contributed by atoms with van der Waals surface area (Å²) in [6, 6.07) is 17.3. The number of Topliss-reactive ketones (excluding diaryl/α,β-unsaturated/α-hetero) is 1. The van der Waals surface area contributed by atoms with E-state index >= 15 is 0 Å². The minimum atomic E-state index is -0.575. The van der Waals surface area contributed by atoms with E-state index in [1.54, 1.807) is 4.40 Å². The normalized spacial score (nSPS) is 14.9. The second-order valence-corrected chi connectivity index (χ2v) is 6.81. The Hall–Kier alpha value is -2.96. The number of amides is 1.